The Morgan fingerprint density at radius 3 is 2.82 bits per heavy atom. The van der Waals surface area contributed by atoms with Crippen LogP contribution in [0.15, 0.2) is 10.7 Å². The maximum absolute atomic E-state index is 10.1. The lowest BCUT2D eigenvalue weighted by Crippen LogP contribution is -2.22. The lowest BCUT2D eigenvalue weighted by atomic mass is 10.1. The zero-order valence-electron chi connectivity index (χ0n) is 10.1. The summed E-state index contributed by atoms with van der Waals surface area (Å²) >= 11 is 3.33. The molecule has 98 valence electrons. The minimum Gasteiger partial charge on any atom is -0.390 e. The highest BCUT2D eigenvalue weighted by Gasteiger charge is 2.24. The van der Waals surface area contributed by atoms with Crippen molar-refractivity contribution >= 4 is 15.9 Å². The van der Waals surface area contributed by atoms with Crippen molar-refractivity contribution in [2.45, 2.75) is 38.5 Å². The molecule has 5 nitrogen and oxygen atoms in total. The highest BCUT2D eigenvalue weighted by Crippen LogP contribution is 2.27. The quantitative estimate of drug-likeness (QED) is 0.801. The maximum Gasteiger partial charge on any atom is 0.123 e. The first-order valence-corrected chi connectivity index (χ1v) is 6.47. The molecule has 6 heteroatoms. The van der Waals surface area contributed by atoms with Crippen molar-refractivity contribution in [2.75, 3.05) is 13.7 Å². The fourth-order valence-corrected chi connectivity index (χ4v) is 2.19. The van der Waals surface area contributed by atoms with Crippen LogP contribution in [0, 0.1) is 0 Å². The number of hydrogen-bond donors (Lipinski definition) is 2. The monoisotopic (exact) mass is 306 g/mol. The lowest BCUT2D eigenvalue weighted by Gasteiger charge is -2.19. The van der Waals surface area contributed by atoms with Gasteiger partial charge in [0.05, 0.1) is 35.6 Å². The fourth-order valence-electron chi connectivity index (χ4n) is 1.66. The van der Waals surface area contributed by atoms with Crippen LogP contribution >= 0.6 is 15.9 Å². The van der Waals surface area contributed by atoms with Gasteiger partial charge < -0.3 is 14.9 Å². The molecular formula is C11H19BrN2O3. The molecule has 0 fully saturated rings. The second kappa shape index (κ2) is 7.10. The average Bonchev–Trinajstić information content (AvgIpc) is 2.67. The first-order chi connectivity index (χ1) is 8.11. The minimum absolute atomic E-state index is 0.512. The van der Waals surface area contributed by atoms with Crippen LogP contribution in [0.5, 0.6) is 0 Å². The van der Waals surface area contributed by atoms with Gasteiger partial charge in [0.15, 0.2) is 0 Å². The van der Waals surface area contributed by atoms with Crippen molar-refractivity contribution in [1.82, 2.24) is 9.78 Å². The van der Waals surface area contributed by atoms with Gasteiger partial charge in [-0.05, 0) is 22.4 Å². The van der Waals surface area contributed by atoms with Crippen LogP contribution in [0.3, 0.4) is 0 Å². The molecule has 17 heavy (non-hydrogen) atoms. The molecule has 1 aromatic heterocycles. The molecule has 0 saturated heterocycles. The lowest BCUT2D eigenvalue weighted by molar-refractivity contribution is 0.00676. The van der Waals surface area contributed by atoms with Gasteiger partial charge in [-0.15, -0.1) is 0 Å². The van der Waals surface area contributed by atoms with Crippen molar-refractivity contribution in [1.29, 1.82) is 0 Å². The molecular weight excluding hydrogens is 288 g/mol. The standard InChI is InChI=1S/C11H19BrN2O3/c1-3-4-9(15)11(16)10-8(12)7-13-14(10)5-6-17-2/h7,9,11,15-16H,3-6H2,1-2H3. The first-order valence-electron chi connectivity index (χ1n) is 5.68. The Morgan fingerprint density at radius 2 is 2.24 bits per heavy atom. The summed E-state index contributed by atoms with van der Waals surface area (Å²) in [6.07, 6.45) is 1.30. The van der Waals surface area contributed by atoms with E-state index >= 15 is 0 Å². The van der Waals surface area contributed by atoms with Gasteiger partial charge in [-0.1, -0.05) is 13.3 Å². The van der Waals surface area contributed by atoms with E-state index in [-0.39, 0.29) is 0 Å². The van der Waals surface area contributed by atoms with Crippen LogP contribution in [0.1, 0.15) is 31.6 Å². The highest BCUT2D eigenvalue weighted by atomic mass is 79.9. The van der Waals surface area contributed by atoms with Gasteiger partial charge in [-0.2, -0.15) is 5.10 Å². The summed E-state index contributed by atoms with van der Waals surface area (Å²) in [5, 5.41) is 24.0. The molecule has 0 spiro atoms. The van der Waals surface area contributed by atoms with E-state index in [9.17, 15) is 10.2 Å². The van der Waals surface area contributed by atoms with E-state index in [4.69, 9.17) is 4.74 Å². The number of hydrogen-bond acceptors (Lipinski definition) is 4. The number of methoxy groups -OCH3 is 1. The molecule has 1 aromatic rings. The summed E-state index contributed by atoms with van der Waals surface area (Å²) < 4.78 is 7.33. The summed E-state index contributed by atoms with van der Waals surface area (Å²) in [6.45, 7) is 3.03. The number of halogens is 1. The summed E-state index contributed by atoms with van der Waals surface area (Å²) in [7, 11) is 1.61. The van der Waals surface area contributed by atoms with Gasteiger partial charge >= 0.3 is 0 Å². The van der Waals surface area contributed by atoms with Crippen LogP contribution in [0.4, 0.5) is 0 Å². The molecule has 0 aliphatic rings. The predicted molar refractivity (Wildman–Crippen MR) is 67.7 cm³/mol. The molecule has 2 unspecified atom stereocenters. The Hall–Kier alpha value is -0.430. The topological polar surface area (TPSA) is 67.5 Å². The molecule has 2 N–H and O–H groups in total. The van der Waals surface area contributed by atoms with E-state index < -0.39 is 12.2 Å². The van der Waals surface area contributed by atoms with Crippen LogP contribution in [0.2, 0.25) is 0 Å². The third kappa shape index (κ3) is 3.77. The molecule has 0 bridgehead atoms. The maximum atomic E-state index is 10.1. The molecule has 2 atom stereocenters. The number of aliphatic hydroxyl groups excluding tert-OH is 2. The normalized spacial score (nSPS) is 14.9. The Morgan fingerprint density at radius 1 is 1.53 bits per heavy atom. The molecule has 0 aromatic carbocycles. The molecule has 0 amide bonds. The van der Waals surface area contributed by atoms with Crippen LogP contribution < -0.4 is 0 Å². The Kier molecular flexibility index (Phi) is 6.11. The molecule has 1 heterocycles. The number of rotatable bonds is 7. The summed E-state index contributed by atoms with van der Waals surface area (Å²) in [4.78, 5) is 0. The summed E-state index contributed by atoms with van der Waals surface area (Å²) in [6, 6.07) is 0. The van der Waals surface area contributed by atoms with Crippen molar-refractivity contribution in [3.8, 4) is 0 Å². The third-order valence-electron chi connectivity index (χ3n) is 2.57. The largest absolute Gasteiger partial charge is 0.390 e. The SMILES string of the molecule is CCCC(O)C(O)c1c(Br)cnn1CCOC. The van der Waals surface area contributed by atoms with Crippen molar-refractivity contribution in [2.24, 2.45) is 0 Å². The minimum atomic E-state index is -0.927. The van der Waals surface area contributed by atoms with Crippen LogP contribution in [0.25, 0.3) is 0 Å². The van der Waals surface area contributed by atoms with Gasteiger partial charge in [0.25, 0.3) is 0 Å². The zero-order chi connectivity index (χ0) is 12.8. The third-order valence-corrected chi connectivity index (χ3v) is 3.18. The Balaban J connectivity index is 2.83. The average molecular weight is 307 g/mol. The van der Waals surface area contributed by atoms with E-state index in [0.29, 0.717) is 29.7 Å². The number of nitrogens with zero attached hydrogens (tertiary/aromatic N) is 2. The molecule has 0 aliphatic carbocycles. The Labute approximate surface area is 110 Å². The predicted octanol–water partition coefficient (Wildman–Crippen LogP) is 1.49. The van der Waals surface area contributed by atoms with E-state index in [0.717, 1.165) is 6.42 Å². The van der Waals surface area contributed by atoms with Crippen molar-refractivity contribution in [3.63, 3.8) is 0 Å². The molecule has 1 rings (SSSR count). The highest BCUT2D eigenvalue weighted by molar-refractivity contribution is 9.10. The number of aromatic nitrogens is 2. The van der Waals surface area contributed by atoms with Gasteiger partial charge in [0.2, 0.25) is 0 Å². The summed E-state index contributed by atoms with van der Waals surface area (Å²) in [5.74, 6) is 0. The molecule has 0 aliphatic heterocycles. The fraction of sp³-hybridized carbons (Fsp3) is 0.727. The van der Waals surface area contributed by atoms with Gasteiger partial charge in [-0.3, -0.25) is 4.68 Å². The van der Waals surface area contributed by atoms with Crippen molar-refractivity contribution in [3.05, 3.63) is 16.4 Å². The van der Waals surface area contributed by atoms with E-state index in [1.807, 2.05) is 6.92 Å². The van der Waals surface area contributed by atoms with Crippen LogP contribution in [-0.2, 0) is 11.3 Å². The zero-order valence-corrected chi connectivity index (χ0v) is 11.7. The van der Waals surface area contributed by atoms with E-state index in [2.05, 4.69) is 21.0 Å². The first kappa shape index (κ1) is 14.6. The number of ether oxygens (including phenoxy) is 1. The van der Waals surface area contributed by atoms with Gasteiger partial charge in [0.1, 0.15) is 6.10 Å². The Bertz CT molecular complexity index is 343. The second-order valence-electron chi connectivity index (χ2n) is 3.89. The smallest absolute Gasteiger partial charge is 0.123 e. The number of aliphatic hydroxyl groups is 2. The molecule has 0 saturated carbocycles. The molecule has 0 radical (unpaired) electrons. The van der Waals surface area contributed by atoms with E-state index in [1.54, 1.807) is 18.0 Å². The van der Waals surface area contributed by atoms with E-state index in [1.165, 1.54) is 0 Å². The van der Waals surface area contributed by atoms with Gasteiger partial charge in [-0.25, -0.2) is 0 Å². The second-order valence-corrected chi connectivity index (χ2v) is 4.75. The van der Waals surface area contributed by atoms with Crippen LogP contribution in [-0.4, -0.2) is 39.8 Å². The van der Waals surface area contributed by atoms with Gasteiger partial charge in [0, 0.05) is 7.11 Å². The summed E-state index contributed by atoms with van der Waals surface area (Å²) in [5.41, 5.74) is 0.600. The van der Waals surface area contributed by atoms with Crippen molar-refractivity contribution < 1.29 is 14.9 Å².